The first-order chi connectivity index (χ1) is 7.56. The minimum absolute atomic E-state index is 0.00838. The van der Waals surface area contributed by atoms with Gasteiger partial charge in [0.15, 0.2) is 0 Å². The molecule has 0 heterocycles. The summed E-state index contributed by atoms with van der Waals surface area (Å²) in [6.45, 7) is 2.01. The summed E-state index contributed by atoms with van der Waals surface area (Å²) >= 11 is 6.87. The SMILES string of the molecule is Cc1ccc(C(=O)NC2(CBr)CC2)cc1Br. The van der Waals surface area contributed by atoms with Gasteiger partial charge >= 0.3 is 0 Å². The van der Waals surface area contributed by atoms with E-state index in [4.69, 9.17) is 0 Å². The highest BCUT2D eigenvalue weighted by Gasteiger charge is 2.42. The molecule has 1 aromatic rings. The third-order valence-electron chi connectivity index (χ3n) is 2.92. The summed E-state index contributed by atoms with van der Waals surface area (Å²) < 4.78 is 0.976. The summed E-state index contributed by atoms with van der Waals surface area (Å²) in [5, 5.41) is 3.91. The van der Waals surface area contributed by atoms with Gasteiger partial charge in [-0.25, -0.2) is 0 Å². The largest absolute Gasteiger partial charge is 0.346 e. The lowest BCUT2D eigenvalue weighted by Crippen LogP contribution is -2.38. The first-order valence-electron chi connectivity index (χ1n) is 5.21. The molecule has 86 valence electrons. The van der Waals surface area contributed by atoms with E-state index in [0.717, 1.165) is 28.2 Å². The molecule has 16 heavy (non-hydrogen) atoms. The van der Waals surface area contributed by atoms with Crippen molar-refractivity contribution >= 4 is 37.8 Å². The molecule has 1 saturated carbocycles. The highest BCUT2D eigenvalue weighted by Crippen LogP contribution is 2.37. The fraction of sp³-hybridized carbons (Fsp3) is 0.417. The number of alkyl halides is 1. The monoisotopic (exact) mass is 345 g/mol. The minimum atomic E-state index is 0.00838. The number of hydrogen-bond donors (Lipinski definition) is 1. The van der Waals surface area contributed by atoms with E-state index in [1.165, 1.54) is 0 Å². The van der Waals surface area contributed by atoms with Gasteiger partial charge in [0.2, 0.25) is 0 Å². The summed E-state index contributed by atoms with van der Waals surface area (Å²) in [5.41, 5.74) is 1.86. The van der Waals surface area contributed by atoms with Crippen LogP contribution in [0.25, 0.3) is 0 Å². The first-order valence-corrected chi connectivity index (χ1v) is 7.12. The normalized spacial score (nSPS) is 16.9. The van der Waals surface area contributed by atoms with Gasteiger partial charge in [0, 0.05) is 15.4 Å². The van der Waals surface area contributed by atoms with Gasteiger partial charge in [0.05, 0.1) is 5.54 Å². The fourth-order valence-corrected chi connectivity index (χ4v) is 2.57. The van der Waals surface area contributed by atoms with Crippen LogP contribution in [0.1, 0.15) is 28.8 Å². The molecule has 0 aliphatic heterocycles. The van der Waals surface area contributed by atoms with Crippen molar-refractivity contribution < 1.29 is 4.79 Å². The summed E-state index contributed by atoms with van der Waals surface area (Å²) in [6.07, 6.45) is 2.13. The zero-order chi connectivity index (χ0) is 11.8. The molecule has 0 saturated heterocycles. The Bertz CT molecular complexity index is 427. The Morgan fingerprint density at radius 2 is 2.19 bits per heavy atom. The molecule has 0 spiro atoms. The Morgan fingerprint density at radius 1 is 1.50 bits per heavy atom. The summed E-state index contributed by atoms with van der Waals surface area (Å²) in [4.78, 5) is 12.0. The van der Waals surface area contributed by atoms with Crippen molar-refractivity contribution in [2.24, 2.45) is 0 Å². The molecule has 1 amide bonds. The van der Waals surface area contributed by atoms with Gasteiger partial charge in [-0.05, 0) is 37.5 Å². The lowest BCUT2D eigenvalue weighted by atomic mass is 10.1. The van der Waals surface area contributed by atoms with Crippen molar-refractivity contribution in [3.8, 4) is 0 Å². The van der Waals surface area contributed by atoms with Crippen LogP contribution < -0.4 is 5.32 Å². The summed E-state index contributed by atoms with van der Waals surface area (Å²) in [5.74, 6) is 0.0117. The lowest BCUT2D eigenvalue weighted by molar-refractivity contribution is 0.0936. The Morgan fingerprint density at radius 3 is 2.69 bits per heavy atom. The maximum Gasteiger partial charge on any atom is 0.251 e. The average Bonchev–Trinajstić information content (AvgIpc) is 3.02. The van der Waals surface area contributed by atoms with E-state index in [-0.39, 0.29) is 11.4 Å². The molecular formula is C12H13Br2NO. The Kier molecular flexibility index (Phi) is 3.40. The van der Waals surface area contributed by atoms with Crippen LogP contribution in [0.15, 0.2) is 22.7 Å². The number of rotatable bonds is 3. The zero-order valence-electron chi connectivity index (χ0n) is 9.02. The van der Waals surface area contributed by atoms with Gasteiger partial charge in [-0.15, -0.1) is 0 Å². The maximum atomic E-state index is 12.0. The van der Waals surface area contributed by atoms with Crippen LogP contribution in [-0.4, -0.2) is 16.8 Å². The molecule has 0 atom stereocenters. The molecule has 2 nitrogen and oxygen atoms in total. The quantitative estimate of drug-likeness (QED) is 0.835. The maximum absolute atomic E-state index is 12.0. The van der Waals surface area contributed by atoms with E-state index in [0.29, 0.717) is 5.56 Å². The molecule has 1 N–H and O–H groups in total. The van der Waals surface area contributed by atoms with Gasteiger partial charge in [-0.1, -0.05) is 37.9 Å². The van der Waals surface area contributed by atoms with Crippen LogP contribution in [0, 0.1) is 6.92 Å². The number of halogens is 2. The second-order valence-corrected chi connectivity index (χ2v) is 5.75. The lowest BCUT2D eigenvalue weighted by Gasteiger charge is -2.14. The highest BCUT2D eigenvalue weighted by molar-refractivity contribution is 9.10. The van der Waals surface area contributed by atoms with E-state index in [1.807, 2.05) is 25.1 Å². The number of carbonyl (C=O) groups is 1. The Balaban J connectivity index is 2.12. The van der Waals surface area contributed by atoms with E-state index in [2.05, 4.69) is 37.2 Å². The first kappa shape index (κ1) is 12.1. The fourth-order valence-electron chi connectivity index (χ4n) is 1.49. The van der Waals surface area contributed by atoms with Crippen molar-refractivity contribution in [1.29, 1.82) is 0 Å². The molecule has 4 heteroatoms. The van der Waals surface area contributed by atoms with Crippen molar-refractivity contribution in [3.05, 3.63) is 33.8 Å². The van der Waals surface area contributed by atoms with Gasteiger partial charge < -0.3 is 5.32 Å². The van der Waals surface area contributed by atoms with Crippen molar-refractivity contribution in [2.75, 3.05) is 5.33 Å². The van der Waals surface area contributed by atoms with Gasteiger partial charge in [-0.3, -0.25) is 4.79 Å². The smallest absolute Gasteiger partial charge is 0.251 e. The third kappa shape index (κ3) is 2.48. The van der Waals surface area contributed by atoms with Gasteiger partial charge in [-0.2, -0.15) is 0 Å². The number of amides is 1. The average molecular weight is 347 g/mol. The van der Waals surface area contributed by atoms with Crippen LogP contribution in [0.5, 0.6) is 0 Å². The highest BCUT2D eigenvalue weighted by atomic mass is 79.9. The van der Waals surface area contributed by atoms with Crippen LogP contribution in [-0.2, 0) is 0 Å². The molecule has 1 aliphatic carbocycles. The predicted octanol–water partition coefficient (Wildman–Crippen LogP) is 3.41. The van der Waals surface area contributed by atoms with Crippen LogP contribution in [0.3, 0.4) is 0 Å². The molecular weight excluding hydrogens is 334 g/mol. The second kappa shape index (κ2) is 4.49. The number of nitrogens with one attached hydrogen (secondary N) is 1. The molecule has 0 unspecified atom stereocenters. The summed E-state index contributed by atoms with van der Waals surface area (Å²) in [6, 6.07) is 5.68. The zero-order valence-corrected chi connectivity index (χ0v) is 12.2. The minimum Gasteiger partial charge on any atom is -0.346 e. The number of benzene rings is 1. The van der Waals surface area contributed by atoms with Crippen molar-refractivity contribution in [3.63, 3.8) is 0 Å². The Hall–Kier alpha value is -0.350. The van der Waals surface area contributed by atoms with Gasteiger partial charge in [0.25, 0.3) is 5.91 Å². The summed E-state index contributed by atoms with van der Waals surface area (Å²) in [7, 11) is 0. The molecule has 1 fully saturated rings. The van der Waals surface area contributed by atoms with Crippen molar-refractivity contribution in [1.82, 2.24) is 5.32 Å². The molecule has 0 aromatic heterocycles. The van der Waals surface area contributed by atoms with E-state index in [9.17, 15) is 4.79 Å². The molecule has 0 bridgehead atoms. The molecule has 0 radical (unpaired) electrons. The van der Waals surface area contributed by atoms with E-state index in [1.54, 1.807) is 0 Å². The predicted molar refractivity (Wildman–Crippen MR) is 72.1 cm³/mol. The van der Waals surface area contributed by atoms with E-state index < -0.39 is 0 Å². The van der Waals surface area contributed by atoms with Crippen LogP contribution in [0.4, 0.5) is 0 Å². The van der Waals surface area contributed by atoms with Crippen LogP contribution >= 0.6 is 31.9 Å². The van der Waals surface area contributed by atoms with Crippen molar-refractivity contribution in [2.45, 2.75) is 25.3 Å². The number of aryl methyl sites for hydroxylation is 1. The standard InChI is InChI=1S/C12H13Br2NO/c1-8-2-3-9(6-10(8)14)11(16)15-12(7-13)4-5-12/h2-3,6H,4-5,7H2,1H3,(H,15,16). The Labute approximate surface area is 112 Å². The third-order valence-corrected chi connectivity index (χ3v) is 4.85. The van der Waals surface area contributed by atoms with Gasteiger partial charge in [0.1, 0.15) is 0 Å². The topological polar surface area (TPSA) is 29.1 Å². The molecule has 1 aromatic carbocycles. The molecule has 1 aliphatic rings. The van der Waals surface area contributed by atoms with E-state index >= 15 is 0 Å². The second-order valence-electron chi connectivity index (χ2n) is 4.33. The number of carbonyl (C=O) groups excluding carboxylic acids is 1. The molecule has 2 rings (SSSR count). The van der Waals surface area contributed by atoms with Crippen LogP contribution in [0.2, 0.25) is 0 Å². The number of hydrogen-bond acceptors (Lipinski definition) is 1.